The van der Waals surface area contributed by atoms with E-state index in [0.29, 0.717) is 22.2 Å². The Morgan fingerprint density at radius 1 is 1.15 bits per heavy atom. The molecule has 1 atom stereocenters. The molecule has 0 spiro atoms. The van der Waals surface area contributed by atoms with Crippen molar-refractivity contribution in [1.82, 2.24) is 5.32 Å². The van der Waals surface area contributed by atoms with Gasteiger partial charge in [0.05, 0.1) is 18.2 Å². The Hall–Kier alpha value is -2.08. The van der Waals surface area contributed by atoms with Crippen LogP contribution in [-0.2, 0) is 20.9 Å². The number of rotatable bonds is 7. The molecule has 7 heteroatoms. The lowest BCUT2D eigenvalue weighted by atomic mass is 10.1. The minimum atomic E-state index is -0.574. The summed E-state index contributed by atoms with van der Waals surface area (Å²) in [5.74, 6) is -1.000. The quantitative estimate of drug-likeness (QED) is 0.714. The van der Waals surface area contributed by atoms with Crippen LogP contribution in [0, 0.1) is 0 Å². The Balaban J connectivity index is 1.89. The summed E-state index contributed by atoms with van der Waals surface area (Å²) in [7, 11) is 1.57. The van der Waals surface area contributed by atoms with Crippen molar-refractivity contribution in [1.29, 1.82) is 0 Å². The Labute approximate surface area is 162 Å². The summed E-state index contributed by atoms with van der Waals surface area (Å²) in [5, 5.41) is 3.70. The van der Waals surface area contributed by atoms with Gasteiger partial charge in [-0.25, -0.2) is 4.79 Å². The molecule has 0 aliphatic rings. The fraction of sp³-hybridized carbons (Fsp3) is 0.263. The van der Waals surface area contributed by atoms with Gasteiger partial charge >= 0.3 is 5.97 Å². The molecule has 2 aromatic rings. The number of carbonyl (C=O) groups excluding carboxylic acids is 2. The Bertz CT molecular complexity index is 795. The highest BCUT2D eigenvalue weighted by molar-refractivity contribution is 6.35. The third-order valence-electron chi connectivity index (χ3n) is 3.61. The summed E-state index contributed by atoms with van der Waals surface area (Å²) < 4.78 is 10.1. The molecule has 1 N–H and O–H groups in total. The second-order valence-electron chi connectivity index (χ2n) is 5.66. The molecule has 5 nitrogen and oxygen atoms in total. The number of nitrogens with one attached hydrogen (secondary N) is 1. The summed E-state index contributed by atoms with van der Waals surface area (Å²) in [5.41, 5.74) is 1.93. The molecular weight excluding hydrogens is 377 g/mol. The number of methoxy groups -OCH3 is 1. The van der Waals surface area contributed by atoms with Crippen molar-refractivity contribution in [3.05, 3.63) is 69.2 Å². The monoisotopic (exact) mass is 395 g/mol. The number of carbonyl (C=O) groups is 2. The third kappa shape index (κ3) is 5.73. The van der Waals surface area contributed by atoms with Crippen molar-refractivity contribution in [2.45, 2.75) is 19.6 Å². The molecule has 0 fully saturated rings. The topological polar surface area (TPSA) is 64.6 Å². The molecular formula is C19H19Cl2NO4. The first-order valence-electron chi connectivity index (χ1n) is 7.90. The number of benzene rings is 2. The molecule has 0 radical (unpaired) electrons. The maximum Gasteiger partial charge on any atom is 0.338 e. The minimum absolute atomic E-state index is 0.351. The van der Waals surface area contributed by atoms with Crippen molar-refractivity contribution in [2.75, 3.05) is 13.7 Å². The van der Waals surface area contributed by atoms with Crippen molar-refractivity contribution < 1.29 is 19.1 Å². The lowest BCUT2D eigenvalue weighted by Gasteiger charge is -2.16. The number of ether oxygens (including phenoxy) is 2. The molecule has 138 valence electrons. The normalized spacial score (nSPS) is 11.7. The molecule has 26 heavy (non-hydrogen) atoms. The minimum Gasteiger partial charge on any atom is -0.452 e. The molecule has 2 aromatic carbocycles. The molecule has 1 amide bonds. The zero-order valence-corrected chi connectivity index (χ0v) is 15.9. The van der Waals surface area contributed by atoms with Crippen LogP contribution in [0.3, 0.4) is 0 Å². The Morgan fingerprint density at radius 2 is 1.92 bits per heavy atom. The Kier molecular flexibility index (Phi) is 7.45. The van der Waals surface area contributed by atoms with Crippen LogP contribution in [-0.4, -0.2) is 25.6 Å². The summed E-state index contributed by atoms with van der Waals surface area (Å²) in [6.45, 7) is 1.78. The van der Waals surface area contributed by atoms with Gasteiger partial charge in [0.1, 0.15) is 0 Å². The SMILES string of the molecule is COCc1cccc(C(=O)OCC(=O)N[C@@H](C)c2ccc(Cl)cc2Cl)c1. The molecule has 0 saturated carbocycles. The number of amides is 1. The van der Waals surface area contributed by atoms with Crippen LogP contribution < -0.4 is 5.32 Å². The lowest BCUT2D eigenvalue weighted by molar-refractivity contribution is -0.124. The third-order valence-corrected chi connectivity index (χ3v) is 4.18. The van der Waals surface area contributed by atoms with Crippen LogP contribution in [0.5, 0.6) is 0 Å². The molecule has 0 unspecified atom stereocenters. The first-order valence-corrected chi connectivity index (χ1v) is 8.65. The largest absolute Gasteiger partial charge is 0.452 e. The summed E-state index contributed by atoms with van der Waals surface area (Å²) in [6, 6.07) is 11.5. The maximum atomic E-state index is 12.1. The standard InChI is InChI=1S/C19H19Cl2NO4/c1-12(16-7-6-15(20)9-17(16)21)22-18(23)11-26-19(24)14-5-3-4-13(8-14)10-25-2/h3-9,12H,10-11H2,1-2H3,(H,22,23)/t12-/m0/s1. The molecule has 0 aliphatic carbocycles. The number of esters is 1. The highest BCUT2D eigenvalue weighted by Gasteiger charge is 2.15. The zero-order chi connectivity index (χ0) is 19.1. The van der Waals surface area contributed by atoms with Crippen LogP contribution in [0.1, 0.15) is 34.5 Å². The molecule has 2 rings (SSSR count). The number of halogens is 2. The van der Waals surface area contributed by atoms with E-state index >= 15 is 0 Å². The van der Waals surface area contributed by atoms with E-state index in [0.717, 1.165) is 11.1 Å². The van der Waals surface area contributed by atoms with E-state index in [-0.39, 0.29) is 12.6 Å². The lowest BCUT2D eigenvalue weighted by Crippen LogP contribution is -2.31. The van der Waals surface area contributed by atoms with E-state index in [2.05, 4.69) is 5.32 Å². The van der Waals surface area contributed by atoms with Gasteiger partial charge in [-0.2, -0.15) is 0 Å². The van der Waals surface area contributed by atoms with Crippen LogP contribution in [0.25, 0.3) is 0 Å². The van der Waals surface area contributed by atoms with Crippen molar-refractivity contribution in [3.8, 4) is 0 Å². The smallest absolute Gasteiger partial charge is 0.338 e. The van der Waals surface area contributed by atoms with Gasteiger partial charge in [0, 0.05) is 17.2 Å². The summed E-state index contributed by atoms with van der Waals surface area (Å²) in [6.07, 6.45) is 0. The van der Waals surface area contributed by atoms with Gasteiger partial charge in [0.25, 0.3) is 5.91 Å². The van der Waals surface area contributed by atoms with Crippen molar-refractivity contribution >= 4 is 35.1 Å². The van der Waals surface area contributed by atoms with E-state index in [9.17, 15) is 9.59 Å². The van der Waals surface area contributed by atoms with E-state index in [4.69, 9.17) is 32.7 Å². The van der Waals surface area contributed by atoms with Gasteiger partial charge in [-0.3, -0.25) is 4.79 Å². The number of hydrogen-bond acceptors (Lipinski definition) is 4. The number of hydrogen-bond donors (Lipinski definition) is 1. The fourth-order valence-electron chi connectivity index (χ4n) is 2.38. The predicted molar refractivity (Wildman–Crippen MR) is 100 cm³/mol. The summed E-state index contributed by atoms with van der Waals surface area (Å²) >= 11 is 12.0. The highest BCUT2D eigenvalue weighted by atomic mass is 35.5. The molecule has 0 aromatic heterocycles. The van der Waals surface area contributed by atoms with Gasteiger partial charge in [-0.1, -0.05) is 41.4 Å². The zero-order valence-electron chi connectivity index (χ0n) is 14.4. The Morgan fingerprint density at radius 3 is 2.62 bits per heavy atom. The molecule has 0 bridgehead atoms. The van der Waals surface area contributed by atoms with Gasteiger partial charge < -0.3 is 14.8 Å². The van der Waals surface area contributed by atoms with E-state index in [1.165, 1.54) is 0 Å². The first-order chi connectivity index (χ1) is 12.4. The van der Waals surface area contributed by atoms with Crippen LogP contribution in [0.2, 0.25) is 10.0 Å². The van der Waals surface area contributed by atoms with Crippen LogP contribution >= 0.6 is 23.2 Å². The van der Waals surface area contributed by atoms with E-state index in [1.807, 2.05) is 6.07 Å². The van der Waals surface area contributed by atoms with Crippen LogP contribution in [0.4, 0.5) is 0 Å². The van der Waals surface area contributed by atoms with Gasteiger partial charge in [-0.05, 0) is 42.3 Å². The fourth-order valence-corrected chi connectivity index (χ4v) is 2.95. The highest BCUT2D eigenvalue weighted by Crippen LogP contribution is 2.26. The van der Waals surface area contributed by atoms with Crippen molar-refractivity contribution in [3.63, 3.8) is 0 Å². The molecule has 0 aliphatic heterocycles. The average Bonchev–Trinajstić information content (AvgIpc) is 2.60. The second-order valence-corrected chi connectivity index (χ2v) is 6.51. The van der Waals surface area contributed by atoms with Gasteiger partial charge in [-0.15, -0.1) is 0 Å². The summed E-state index contributed by atoms with van der Waals surface area (Å²) in [4.78, 5) is 24.1. The molecule has 0 heterocycles. The second kappa shape index (κ2) is 9.57. The van der Waals surface area contributed by atoms with Gasteiger partial charge in [0.15, 0.2) is 6.61 Å². The van der Waals surface area contributed by atoms with Crippen LogP contribution in [0.15, 0.2) is 42.5 Å². The molecule has 0 saturated heterocycles. The van der Waals surface area contributed by atoms with Crippen molar-refractivity contribution in [2.24, 2.45) is 0 Å². The first kappa shape index (κ1) is 20.2. The van der Waals surface area contributed by atoms with E-state index in [1.54, 1.807) is 50.4 Å². The maximum absolute atomic E-state index is 12.1. The average molecular weight is 396 g/mol. The van der Waals surface area contributed by atoms with E-state index < -0.39 is 11.9 Å². The van der Waals surface area contributed by atoms with Gasteiger partial charge in [0.2, 0.25) is 0 Å². The predicted octanol–water partition coefficient (Wildman–Crippen LogP) is 4.17.